The monoisotopic (exact) mass is 548 g/mol. The Morgan fingerprint density at radius 1 is 1.28 bits per heavy atom. The van der Waals surface area contributed by atoms with Gasteiger partial charge in [0.05, 0.1) is 0 Å². The number of rotatable bonds is 6. The highest BCUT2D eigenvalue weighted by Crippen LogP contribution is 2.30. The summed E-state index contributed by atoms with van der Waals surface area (Å²) in [4.78, 5) is 4.25. The van der Waals surface area contributed by atoms with Gasteiger partial charge in [0.25, 0.3) is 0 Å². The zero-order chi connectivity index (χ0) is 20.9. The van der Waals surface area contributed by atoms with Crippen molar-refractivity contribution in [2.45, 2.75) is 44.5 Å². The molecule has 1 saturated heterocycles. The van der Waals surface area contributed by atoms with Crippen molar-refractivity contribution in [3.05, 3.63) is 29.8 Å². The molecule has 0 radical (unpaired) electrons. The SMILES string of the molecule is CCC(C)c1ccc(NC(N)=NCC2CCN(S(=O)(=O)C(F)(F)F)CC2)cc1.I. The van der Waals surface area contributed by atoms with Crippen LogP contribution in [-0.4, -0.2) is 43.8 Å². The van der Waals surface area contributed by atoms with Crippen molar-refractivity contribution in [2.24, 2.45) is 16.6 Å². The number of sulfonamides is 1. The third-order valence-corrected chi connectivity index (χ3v) is 6.72. The van der Waals surface area contributed by atoms with Crippen LogP contribution >= 0.6 is 24.0 Å². The van der Waals surface area contributed by atoms with E-state index < -0.39 is 15.5 Å². The minimum atomic E-state index is -5.25. The van der Waals surface area contributed by atoms with Crippen LogP contribution < -0.4 is 11.1 Å². The Labute approximate surface area is 187 Å². The van der Waals surface area contributed by atoms with E-state index in [0.717, 1.165) is 12.1 Å². The van der Waals surface area contributed by atoms with Gasteiger partial charge in [-0.25, -0.2) is 8.42 Å². The minimum absolute atomic E-state index is 0. The first-order chi connectivity index (χ1) is 13.0. The summed E-state index contributed by atoms with van der Waals surface area (Å²) in [5.41, 5.74) is 2.68. The van der Waals surface area contributed by atoms with Crippen molar-refractivity contribution in [3.8, 4) is 0 Å². The lowest BCUT2D eigenvalue weighted by molar-refractivity contribution is -0.0496. The summed E-state index contributed by atoms with van der Waals surface area (Å²) in [6.45, 7) is 4.30. The largest absolute Gasteiger partial charge is 0.511 e. The predicted molar refractivity (Wildman–Crippen MR) is 120 cm³/mol. The van der Waals surface area contributed by atoms with E-state index in [2.05, 4.69) is 24.2 Å². The average molecular weight is 548 g/mol. The molecular weight excluding hydrogens is 520 g/mol. The average Bonchev–Trinajstić information content (AvgIpc) is 2.66. The molecule has 0 saturated carbocycles. The zero-order valence-electron chi connectivity index (χ0n) is 16.4. The number of halogens is 4. The number of aliphatic imine (C=N–C) groups is 1. The van der Waals surface area contributed by atoms with E-state index in [1.165, 1.54) is 5.56 Å². The van der Waals surface area contributed by atoms with Gasteiger partial charge in [-0.15, -0.1) is 24.0 Å². The molecule has 0 aromatic heterocycles. The van der Waals surface area contributed by atoms with E-state index in [0.29, 0.717) is 29.6 Å². The van der Waals surface area contributed by atoms with Gasteiger partial charge in [0, 0.05) is 25.3 Å². The van der Waals surface area contributed by atoms with Crippen LogP contribution in [0.25, 0.3) is 0 Å². The molecule has 0 aliphatic carbocycles. The second-order valence-corrected chi connectivity index (χ2v) is 9.00. The maximum absolute atomic E-state index is 12.6. The molecule has 11 heteroatoms. The summed E-state index contributed by atoms with van der Waals surface area (Å²) in [5.74, 6) is 0.696. The maximum Gasteiger partial charge on any atom is 0.511 e. The molecule has 166 valence electrons. The number of guanidine groups is 1. The van der Waals surface area contributed by atoms with E-state index in [4.69, 9.17) is 5.73 Å². The van der Waals surface area contributed by atoms with Crippen molar-refractivity contribution in [3.63, 3.8) is 0 Å². The highest BCUT2D eigenvalue weighted by atomic mass is 127. The highest BCUT2D eigenvalue weighted by Gasteiger charge is 2.50. The second kappa shape index (κ2) is 10.8. The molecule has 0 bridgehead atoms. The fourth-order valence-electron chi connectivity index (χ4n) is 3.02. The van der Waals surface area contributed by atoms with Gasteiger partial charge in [-0.3, -0.25) is 4.99 Å². The lowest BCUT2D eigenvalue weighted by atomic mass is 9.98. The molecule has 0 amide bonds. The highest BCUT2D eigenvalue weighted by molar-refractivity contribution is 14.0. The fourth-order valence-corrected chi connectivity index (χ4v) is 4.01. The van der Waals surface area contributed by atoms with Crippen LogP contribution in [0.5, 0.6) is 0 Å². The van der Waals surface area contributed by atoms with Crippen LogP contribution in [0.4, 0.5) is 18.9 Å². The van der Waals surface area contributed by atoms with Crippen molar-refractivity contribution < 1.29 is 21.6 Å². The Morgan fingerprint density at radius 3 is 2.31 bits per heavy atom. The molecule has 1 fully saturated rings. The Kier molecular flexibility index (Phi) is 9.67. The first kappa shape index (κ1) is 26.0. The molecule has 3 N–H and O–H groups in total. The van der Waals surface area contributed by atoms with E-state index in [9.17, 15) is 21.6 Å². The molecule has 1 aliphatic heterocycles. The number of alkyl halides is 3. The third kappa shape index (κ3) is 6.99. The molecule has 1 atom stereocenters. The summed E-state index contributed by atoms with van der Waals surface area (Å²) < 4.78 is 61.1. The number of anilines is 1. The van der Waals surface area contributed by atoms with E-state index in [1.54, 1.807) is 0 Å². The van der Waals surface area contributed by atoms with Gasteiger partial charge in [0.2, 0.25) is 0 Å². The molecule has 2 rings (SSSR count). The topological polar surface area (TPSA) is 87.8 Å². The lowest BCUT2D eigenvalue weighted by Crippen LogP contribution is -2.45. The van der Waals surface area contributed by atoms with Gasteiger partial charge < -0.3 is 11.1 Å². The van der Waals surface area contributed by atoms with Gasteiger partial charge in [-0.2, -0.15) is 17.5 Å². The Balaban J connectivity index is 0.00000420. The van der Waals surface area contributed by atoms with Gasteiger partial charge >= 0.3 is 15.5 Å². The van der Waals surface area contributed by atoms with Gasteiger partial charge in [0.1, 0.15) is 0 Å². The number of hydrogen-bond donors (Lipinski definition) is 2. The van der Waals surface area contributed by atoms with Crippen molar-refractivity contribution in [1.29, 1.82) is 0 Å². The molecule has 0 spiro atoms. The molecule has 1 heterocycles. The van der Waals surface area contributed by atoms with Crippen molar-refractivity contribution in [2.75, 3.05) is 25.0 Å². The molecule has 1 aromatic carbocycles. The van der Waals surface area contributed by atoms with E-state index in [1.807, 2.05) is 24.3 Å². The molecular formula is C18H28F3IN4O2S. The van der Waals surface area contributed by atoms with Gasteiger partial charge in [-0.05, 0) is 48.8 Å². The quantitative estimate of drug-likeness (QED) is 0.319. The van der Waals surface area contributed by atoms with Crippen LogP contribution in [0.2, 0.25) is 0 Å². The Hall–Kier alpha value is -1.08. The first-order valence-corrected chi connectivity index (χ1v) is 10.7. The number of hydrogen-bond acceptors (Lipinski definition) is 3. The standard InChI is InChI=1S/C18H27F3N4O2S.HI/c1-3-13(2)15-4-6-16(7-5-15)24-17(22)23-12-14-8-10-25(11-9-14)28(26,27)18(19,20)21;/h4-7,13-14H,3,8-12H2,1-2H3,(H3,22,23,24);1H. The molecule has 1 unspecified atom stereocenters. The molecule has 6 nitrogen and oxygen atoms in total. The summed E-state index contributed by atoms with van der Waals surface area (Å²) in [6.07, 6.45) is 1.69. The lowest BCUT2D eigenvalue weighted by Gasteiger charge is -2.30. The van der Waals surface area contributed by atoms with Crippen LogP contribution in [0.15, 0.2) is 29.3 Å². The van der Waals surface area contributed by atoms with Crippen LogP contribution in [0, 0.1) is 5.92 Å². The Bertz CT molecular complexity index is 777. The number of benzene rings is 1. The van der Waals surface area contributed by atoms with Crippen molar-refractivity contribution in [1.82, 2.24) is 4.31 Å². The predicted octanol–water partition coefficient (Wildman–Crippen LogP) is 4.11. The van der Waals surface area contributed by atoms with Crippen molar-refractivity contribution >= 4 is 45.6 Å². The molecule has 1 aliphatic rings. The van der Waals surface area contributed by atoms with Crippen LogP contribution in [-0.2, 0) is 10.0 Å². The second-order valence-electron chi connectivity index (χ2n) is 7.08. The van der Waals surface area contributed by atoms with E-state index in [-0.39, 0.29) is 48.9 Å². The van der Waals surface area contributed by atoms with Gasteiger partial charge in [0.15, 0.2) is 5.96 Å². The minimum Gasteiger partial charge on any atom is -0.370 e. The first-order valence-electron chi connectivity index (χ1n) is 9.28. The summed E-state index contributed by atoms with van der Waals surface area (Å²) in [6, 6.07) is 7.90. The number of nitrogens with two attached hydrogens (primary N) is 1. The summed E-state index contributed by atoms with van der Waals surface area (Å²) in [5, 5.41) is 2.99. The molecule has 29 heavy (non-hydrogen) atoms. The normalized spacial score (nSPS) is 18.2. The smallest absolute Gasteiger partial charge is 0.370 e. The number of piperidine rings is 1. The Morgan fingerprint density at radius 2 is 1.83 bits per heavy atom. The fraction of sp³-hybridized carbons (Fsp3) is 0.611. The van der Waals surface area contributed by atoms with Gasteiger partial charge in [-0.1, -0.05) is 26.0 Å². The van der Waals surface area contributed by atoms with Crippen LogP contribution in [0.3, 0.4) is 0 Å². The number of nitrogens with zero attached hydrogens (tertiary/aromatic N) is 2. The maximum atomic E-state index is 12.6. The van der Waals surface area contributed by atoms with Crippen LogP contribution in [0.1, 0.15) is 44.6 Å². The summed E-state index contributed by atoms with van der Waals surface area (Å²) in [7, 11) is -5.25. The third-order valence-electron chi connectivity index (χ3n) is 5.09. The molecule has 1 aromatic rings. The number of nitrogens with one attached hydrogen (secondary N) is 1. The summed E-state index contributed by atoms with van der Waals surface area (Å²) >= 11 is 0. The van der Waals surface area contributed by atoms with E-state index >= 15 is 0 Å². The zero-order valence-corrected chi connectivity index (χ0v) is 19.6.